The van der Waals surface area contributed by atoms with Crippen molar-refractivity contribution in [2.75, 3.05) is 20.8 Å². The molecule has 5 heteroatoms. The number of carbonyl (C=O) groups excluding carboxylic acids is 1. The molecule has 0 aliphatic heterocycles. The molecule has 5 nitrogen and oxygen atoms in total. The third-order valence-corrected chi connectivity index (χ3v) is 3.68. The fraction of sp³-hybridized carbons (Fsp3) is 0.316. The van der Waals surface area contributed by atoms with Crippen LogP contribution < -0.4 is 19.5 Å². The van der Waals surface area contributed by atoms with Crippen LogP contribution in [-0.4, -0.2) is 26.7 Å². The second kappa shape index (κ2) is 8.24. The SMILES string of the molecule is CCOc1ccc(C(=O)NC(C)c2ccc(OC)cc2OC)cc1. The summed E-state index contributed by atoms with van der Waals surface area (Å²) in [5, 5.41) is 2.98. The van der Waals surface area contributed by atoms with Crippen LogP contribution in [0.2, 0.25) is 0 Å². The van der Waals surface area contributed by atoms with Crippen LogP contribution in [-0.2, 0) is 0 Å². The molecule has 0 fully saturated rings. The van der Waals surface area contributed by atoms with E-state index in [1.165, 1.54) is 0 Å². The van der Waals surface area contributed by atoms with Gasteiger partial charge in [0.2, 0.25) is 0 Å². The highest BCUT2D eigenvalue weighted by Crippen LogP contribution is 2.29. The van der Waals surface area contributed by atoms with Gasteiger partial charge in [0.15, 0.2) is 0 Å². The highest BCUT2D eigenvalue weighted by atomic mass is 16.5. The highest BCUT2D eigenvalue weighted by Gasteiger charge is 2.16. The fourth-order valence-electron chi connectivity index (χ4n) is 2.40. The summed E-state index contributed by atoms with van der Waals surface area (Å²) in [6, 6.07) is 12.4. The van der Waals surface area contributed by atoms with Crippen LogP contribution in [0.5, 0.6) is 17.2 Å². The Bertz CT molecular complexity index is 682. The summed E-state index contributed by atoms with van der Waals surface area (Å²) < 4.78 is 16.0. The average Bonchev–Trinajstić information content (AvgIpc) is 2.61. The first-order chi connectivity index (χ1) is 11.6. The molecule has 1 N–H and O–H groups in total. The second-order valence-corrected chi connectivity index (χ2v) is 5.26. The molecule has 2 rings (SSSR count). The molecule has 1 atom stereocenters. The molecular weight excluding hydrogens is 306 g/mol. The summed E-state index contributed by atoms with van der Waals surface area (Å²) >= 11 is 0. The van der Waals surface area contributed by atoms with E-state index in [-0.39, 0.29) is 11.9 Å². The molecule has 0 spiro atoms. The summed E-state index contributed by atoms with van der Waals surface area (Å²) in [4.78, 5) is 12.4. The van der Waals surface area contributed by atoms with E-state index in [1.54, 1.807) is 44.6 Å². The predicted molar refractivity (Wildman–Crippen MR) is 93.0 cm³/mol. The van der Waals surface area contributed by atoms with Crippen molar-refractivity contribution in [3.8, 4) is 17.2 Å². The van der Waals surface area contributed by atoms with Crippen molar-refractivity contribution in [2.45, 2.75) is 19.9 Å². The van der Waals surface area contributed by atoms with Crippen molar-refractivity contribution < 1.29 is 19.0 Å². The molecule has 1 amide bonds. The number of nitrogens with one attached hydrogen (secondary N) is 1. The minimum Gasteiger partial charge on any atom is -0.497 e. The van der Waals surface area contributed by atoms with Gasteiger partial charge in [0, 0.05) is 17.2 Å². The van der Waals surface area contributed by atoms with E-state index in [4.69, 9.17) is 14.2 Å². The average molecular weight is 329 g/mol. The molecule has 0 aliphatic carbocycles. The third kappa shape index (κ3) is 4.19. The number of ether oxygens (including phenoxy) is 3. The monoisotopic (exact) mass is 329 g/mol. The fourth-order valence-corrected chi connectivity index (χ4v) is 2.40. The van der Waals surface area contributed by atoms with Crippen molar-refractivity contribution in [3.05, 3.63) is 53.6 Å². The summed E-state index contributed by atoms with van der Waals surface area (Å²) in [6.07, 6.45) is 0. The summed E-state index contributed by atoms with van der Waals surface area (Å²) in [5.74, 6) is 1.98. The molecule has 0 radical (unpaired) electrons. The Kier molecular flexibility index (Phi) is 6.07. The molecule has 0 aliphatic rings. The lowest BCUT2D eigenvalue weighted by atomic mass is 10.1. The molecular formula is C19H23NO4. The first-order valence-corrected chi connectivity index (χ1v) is 7.84. The Balaban J connectivity index is 2.11. The maximum atomic E-state index is 12.4. The van der Waals surface area contributed by atoms with Gasteiger partial charge in [-0.1, -0.05) is 0 Å². The molecule has 0 saturated heterocycles. The van der Waals surface area contributed by atoms with Crippen LogP contribution in [0.15, 0.2) is 42.5 Å². The van der Waals surface area contributed by atoms with Gasteiger partial charge in [-0.2, -0.15) is 0 Å². The highest BCUT2D eigenvalue weighted by molar-refractivity contribution is 5.94. The quantitative estimate of drug-likeness (QED) is 0.843. The van der Waals surface area contributed by atoms with E-state index in [2.05, 4.69) is 5.32 Å². The number of benzene rings is 2. The maximum Gasteiger partial charge on any atom is 0.251 e. The zero-order valence-corrected chi connectivity index (χ0v) is 14.5. The number of methoxy groups -OCH3 is 2. The normalized spacial score (nSPS) is 11.5. The lowest BCUT2D eigenvalue weighted by Crippen LogP contribution is -2.26. The molecule has 2 aromatic rings. The Hall–Kier alpha value is -2.69. The lowest BCUT2D eigenvalue weighted by Gasteiger charge is -2.18. The van der Waals surface area contributed by atoms with Gasteiger partial charge in [0.1, 0.15) is 17.2 Å². The Morgan fingerprint density at radius 2 is 1.71 bits per heavy atom. The van der Waals surface area contributed by atoms with Crippen LogP contribution in [0.4, 0.5) is 0 Å². The molecule has 0 saturated carbocycles. The second-order valence-electron chi connectivity index (χ2n) is 5.26. The number of carbonyl (C=O) groups is 1. The topological polar surface area (TPSA) is 56.8 Å². The van der Waals surface area contributed by atoms with Crippen molar-refractivity contribution in [2.24, 2.45) is 0 Å². The summed E-state index contributed by atoms with van der Waals surface area (Å²) in [7, 11) is 3.20. The number of hydrogen-bond acceptors (Lipinski definition) is 4. The van der Waals surface area contributed by atoms with Crippen LogP contribution in [0.1, 0.15) is 35.8 Å². The van der Waals surface area contributed by atoms with Gasteiger partial charge in [-0.05, 0) is 50.2 Å². The molecule has 1 unspecified atom stereocenters. The van der Waals surface area contributed by atoms with E-state index in [9.17, 15) is 4.79 Å². The maximum absolute atomic E-state index is 12.4. The number of rotatable bonds is 7. The Morgan fingerprint density at radius 3 is 2.29 bits per heavy atom. The smallest absolute Gasteiger partial charge is 0.251 e. The minimum absolute atomic E-state index is 0.150. The zero-order chi connectivity index (χ0) is 17.5. The molecule has 0 aromatic heterocycles. The molecule has 128 valence electrons. The zero-order valence-electron chi connectivity index (χ0n) is 14.5. The van der Waals surface area contributed by atoms with Gasteiger partial charge in [0.25, 0.3) is 5.91 Å². The van der Waals surface area contributed by atoms with Crippen molar-refractivity contribution in [1.82, 2.24) is 5.32 Å². The van der Waals surface area contributed by atoms with Gasteiger partial charge in [0.05, 0.1) is 26.9 Å². The summed E-state index contributed by atoms with van der Waals surface area (Å²) in [6.45, 7) is 4.43. The van der Waals surface area contributed by atoms with Gasteiger partial charge in [-0.3, -0.25) is 4.79 Å². The third-order valence-electron chi connectivity index (χ3n) is 3.68. The lowest BCUT2D eigenvalue weighted by molar-refractivity contribution is 0.0939. The Labute approximate surface area is 142 Å². The molecule has 0 bridgehead atoms. The van der Waals surface area contributed by atoms with Crippen LogP contribution in [0.25, 0.3) is 0 Å². The van der Waals surface area contributed by atoms with Crippen LogP contribution >= 0.6 is 0 Å². The summed E-state index contributed by atoms with van der Waals surface area (Å²) in [5.41, 5.74) is 1.47. The number of amides is 1. The van der Waals surface area contributed by atoms with E-state index in [1.807, 2.05) is 26.0 Å². The standard InChI is InChI=1S/C19H23NO4/c1-5-24-15-8-6-14(7-9-15)19(21)20-13(2)17-11-10-16(22-3)12-18(17)23-4/h6-13H,5H2,1-4H3,(H,20,21). The molecule has 0 heterocycles. The first-order valence-electron chi connectivity index (χ1n) is 7.84. The largest absolute Gasteiger partial charge is 0.497 e. The first kappa shape index (κ1) is 17.7. The van der Waals surface area contributed by atoms with Crippen LogP contribution in [0.3, 0.4) is 0 Å². The van der Waals surface area contributed by atoms with Gasteiger partial charge in [-0.25, -0.2) is 0 Å². The van der Waals surface area contributed by atoms with Gasteiger partial charge < -0.3 is 19.5 Å². The molecule has 24 heavy (non-hydrogen) atoms. The van der Waals surface area contributed by atoms with E-state index in [0.29, 0.717) is 23.7 Å². The van der Waals surface area contributed by atoms with E-state index >= 15 is 0 Å². The van der Waals surface area contributed by atoms with E-state index < -0.39 is 0 Å². The van der Waals surface area contributed by atoms with Gasteiger partial charge in [-0.15, -0.1) is 0 Å². The van der Waals surface area contributed by atoms with Gasteiger partial charge >= 0.3 is 0 Å². The van der Waals surface area contributed by atoms with Crippen molar-refractivity contribution in [1.29, 1.82) is 0 Å². The Morgan fingerprint density at radius 1 is 1.04 bits per heavy atom. The van der Waals surface area contributed by atoms with E-state index in [0.717, 1.165) is 11.3 Å². The minimum atomic E-state index is -0.204. The van der Waals surface area contributed by atoms with Crippen molar-refractivity contribution in [3.63, 3.8) is 0 Å². The van der Waals surface area contributed by atoms with Crippen LogP contribution in [0, 0.1) is 0 Å². The van der Waals surface area contributed by atoms with Crippen molar-refractivity contribution >= 4 is 5.91 Å². The molecule has 2 aromatic carbocycles. The number of hydrogen-bond donors (Lipinski definition) is 1. The predicted octanol–water partition coefficient (Wildman–Crippen LogP) is 3.59.